The van der Waals surface area contributed by atoms with Crippen molar-refractivity contribution in [3.63, 3.8) is 0 Å². The van der Waals surface area contributed by atoms with Crippen molar-refractivity contribution in [2.75, 3.05) is 59.4 Å². The fourth-order valence-electron chi connectivity index (χ4n) is 3.15. The number of ether oxygens (including phenoxy) is 4. The molecular formula is C43H74ClN3O6S2. The summed E-state index contributed by atoms with van der Waals surface area (Å²) >= 11 is 4.64. The lowest BCUT2D eigenvalue weighted by Gasteiger charge is -2.07. The predicted molar refractivity (Wildman–Crippen MR) is 247 cm³/mol. The Morgan fingerprint density at radius 1 is 0.818 bits per heavy atom. The molecule has 55 heavy (non-hydrogen) atoms. The molecule has 2 aromatic rings. The van der Waals surface area contributed by atoms with Crippen LogP contribution in [0.15, 0.2) is 73.5 Å². The molecule has 0 fully saturated rings. The molecule has 0 aliphatic carbocycles. The zero-order chi connectivity index (χ0) is 43.1. The Morgan fingerprint density at radius 3 is 1.67 bits per heavy atom. The summed E-state index contributed by atoms with van der Waals surface area (Å²) in [5.41, 5.74) is 12.5. The first-order valence-electron chi connectivity index (χ1n) is 18.3. The van der Waals surface area contributed by atoms with Crippen molar-refractivity contribution in [1.82, 2.24) is 5.32 Å². The minimum atomic E-state index is 0.250. The number of ketones is 1. The first-order chi connectivity index (χ1) is 26.5. The second kappa shape index (κ2) is 50.5. The zero-order valence-corrected chi connectivity index (χ0v) is 38.1. The van der Waals surface area contributed by atoms with Gasteiger partial charge in [0.05, 0.1) is 28.4 Å². The van der Waals surface area contributed by atoms with Gasteiger partial charge in [0, 0.05) is 37.4 Å². The van der Waals surface area contributed by atoms with E-state index in [2.05, 4.69) is 69.6 Å². The Kier molecular flexibility index (Phi) is 55.8. The summed E-state index contributed by atoms with van der Waals surface area (Å²) in [6.07, 6.45) is 18.0. The highest BCUT2D eigenvalue weighted by Crippen LogP contribution is 2.28. The molecule has 9 nitrogen and oxygen atoms in total. The van der Waals surface area contributed by atoms with Crippen molar-refractivity contribution in [1.29, 1.82) is 0 Å². The Labute approximate surface area is 348 Å². The number of allylic oxidation sites excluding steroid dienone is 3. The SMILES string of the molecule is C=C(C)/C=C/c1ccc(OC)c(OC)c1.C=Cc1ccc(OC)c(OC)c1.CC/C=C\NCCCC(C)=O.CCCC.CCCSSCCN.CCl.NC=O. The molecule has 2 rings (SSSR count). The summed E-state index contributed by atoms with van der Waals surface area (Å²) in [5, 5.41) is 3.11. The van der Waals surface area contributed by atoms with Gasteiger partial charge in [0.15, 0.2) is 23.0 Å². The molecule has 0 aliphatic heterocycles. The lowest BCUT2D eigenvalue weighted by molar-refractivity contribution is -0.117. The average molecular weight is 829 g/mol. The van der Waals surface area contributed by atoms with Crippen LogP contribution in [0.1, 0.15) is 91.2 Å². The summed E-state index contributed by atoms with van der Waals surface area (Å²) in [6, 6.07) is 11.5. The van der Waals surface area contributed by atoms with E-state index < -0.39 is 0 Å². The number of nitrogens with one attached hydrogen (secondary N) is 1. The Morgan fingerprint density at radius 2 is 1.29 bits per heavy atom. The van der Waals surface area contributed by atoms with E-state index in [1.807, 2.05) is 83.3 Å². The largest absolute Gasteiger partial charge is 0.493 e. The number of Topliss-reactive ketones (excluding diaryl/α,β-unsaturated/α-hetero) is 1. The van der Waals surface area contributed by atoms with Gasteiger partial charge in [-0.3, -0.25) is 4.79 Å². The smallest absolute Gasteiger partial charge is 0.204 e. The van der Waals surface area contributed by atoms with Gasteiger partial charge < -0.3 is 40.5 Å². The quantitative estimate of drug-likeness (QED) is 0.0413. The van der Waals surface area contributed by atoms with E-state index >= 15 is 0 Å². The third-order valence-electron chi connectivity index (χ3n) is 6.00. The number of nitrogens with two attached hydrogens (primary N) is 2. The topological polar surface area (TPSA) is 135 Å². The van der Waals surface area contributed by atoms with Crippen molar-refractivity contribution in [3.05, 3.63) is 84.6 Å². The number of benzene rings is 2. The second-order valence-electron chi connectivity index (χ2n) is 10.8. The summed E-state index contributed by atoms with van der Waals surface area (Å²) in [7, 11) is 10.3. The van der Waals surface area contributed by atoms with Crippen molar-refractivity contribution in [2.24, 2.45) is 11.5 Å². The lowest BCUT2D eigenvalue weighted by Crippen LogP contribution is -2.07. The van der Waals surface area contributed by atoms with Crippen LogP contribution in [0.3, 0.4) is 0 Å². The van der Waals surface area contributed by atoms with Crippen LogP contribution in [0.25, 0.3) is 12.2 Å². The van der Waals surface area contributed by atoms with Crippen LogP contribution in [0.5, 0.6) is 23.0 Å². The predicted octanol–water partition coefficient (Wildman–Crippen LogP) is 11.0. The molecule has 0 unspecified atom stereocenters. The van der Waals surface area contributed by atoms with Crippen LogP contribution in [-0.4, -0.2) is 71.6 Å². The van der Waals surface area contributed by atoms with Crippen LogP contribution in [0.4, 0.5) is 0 Å². The highest BCUT2D eigenvalue weighted by molar-refractivity contribution is 8.76. The van der Waals surface area contributed by atoms with E-state index in [0.717, 1.165) is 71.4 Å². The molecule has 0 heterocycles. The van der Waals surface area contributed by atoms with Crippen LogP contribution < -0.4 is 35.7 Å². The minimum Gasteiger partial charge on any atom is -0.493 e. The van der Waals surface area contributed by atoms with E-state index in [4.69, 9.17) is 29.5 Å². The molecule has 0 aliphatic rings. The van der Waals surface area contributed by atoms with Gasteiger partial charge >= 0.3 is 0 Å². The number of carbonyl (C=O) groups is 2. The first kappa shape index (κ1) is 60.7. The first-order valence-corrected chi connectivity index (χ1v) is 21.5. The highest BCUT2D eigenvalue weighted by Gasteiger charge is 2.03. The molecule has 316 valence electrons. The fraction of sp³-hybridized carbons (Fsp3) is 0.488. The molecule has 0 bridgehead atoms. The molecule has 0 saturated heterocycles. The van der Waals surface area contributed by atoms with Crippen LogP contribution in [-0.2, 0) is 9.59 Å². The number of primary amides is 1. The number of hydrogen-bond acceptors (Lipinski definition) is 10. The van der Waals surface area contributed by atoms with E-state index in [0.29, 0.717) is 6.42 Å². The van der Waals surface area contributed by atoms with Crippen molar-refractivity contribution in [2.45, 2.75) is 80.1 Å². The standard InChI is InChI=1S/C13H16O2.C10H12O2.C9H17NO.C5H13NS2.C4H10.CH3Cl.CH3NO/c1-10(2)5-6-11-7-8-12(14-3)13(9-11)15-4;1-4-8-5-6-9(11-2)10(7-8)12-3;1-3-4-7-10-8-5-6-9(2)11;1-2-4-7-8-5-3-6;1-3-4-2;1-2;2-1-3/h5-9H,1H2,2-4H3;4-7H,1H2,2-3H3;4,7,10H,3,5-6,8H2,1-2H3;2-6H2,1H3;3-4H2,1-2H3;1H3;1H,(H2,2,3)/b6-5+;;7-4-;;;;. The highest BCUT2D eigenvalue weighted by atomic mass is 35.5. The molecule has 0 spiro atoms. The van der Waals surface area contributed by atoms with E-state index in [1.165, 1.54) is 31.4 Å². The summed E-state index contributed by atoms with van der Waals surface area (Å²) in [5.74, 6) is 5.56. The van der Waals surface area contributed by atoms with Crippen LogP contribution in [0.2, 0.25) is 0 Å². The molecule has 2 aromatic carbocycles. The Bertz CT molecular complexity index is 1240. The normalized spacial score (nSPS) is 9.18. The number of halogens is 1. The summed E-state index contributed by atoms with van der Waals surface area (Å²) in [4.78, 5) is 19.1. The van der Waals surface area contributed by atoms with Crippen molar-refractivity contribution >= 4 is 57.5 Å². The summed E-state index contributed by atoms with van der Waals surface area (Å²) < 4.78 is 20.5. The minimum absolute atomic E-state index is 0.250. The second-order valence-corrected chi connectivity index (χ2v) is 13.5. The number of alkyl halides is 1. The van der Waals surface area contributed by atoms with Gasteiger partial charge in [0.2, 0.25) is 6.41 Å². The number of methoxy groups -OCH3 is 4. The zero-order valence-electron chi connectivity index (χ0n) is 35.7. The molecule has 12 heteroatoms. The van der Waals surface area contributed by atoms with Gasteiger partial charge in [-0.05, 0) is 74.7 Å². The average Bonchev–Trinajstić information content (AvgIpc) is 3.21. The van der Waals surface area contributed by atoms with Gasteiger partial charge in [0.1, 0.15) is 5.78 Å². The van der Waals surface area contributed by atoms with E-state index in [1.54, 1.807) is 41.4 Å². The number of amides is 1. The monoisotopic (exact) mass is 827 g/mol. The molecule has 5 N–H and O–H groups in total. The van der Waals surface area contributed by atoms with Gasteiger partial charge in [-0.2, -0.15) is 0 Å². The van der Waals surface area contributed by atoms with Gasteiger partial charge in [-0.25, -0.2) is 0 Å². The molecule has 1 amide bonds. The Hall–Kier alpha value is -3.51. The van der Waals surface area contributed by atoms with Crippen LogP contribution >= 0.6 is 33.2 Å². The maximum Gasteiger partial charge on any atom is 0.204 e. The Balaban J connectivity index is -0.000000191. The van der Waals surface area contributed by atoms with Gasteiger partial charge in [0.25, 0.3) is 0 Å². The van der Waals surface area contributed by atoms with Crippen molar-refractivity contribution < 1.29 is 28.5 Å². The van der Waals surface area contributed by atoms with Crippen molar-refractivity contribution in [3.8, 4) is 23.0 Å². The maximum atomic E-state index is 10.5. The molecule has 0 saturated carbocycles. The van der Waals surface area contributed by atoms with Gasteiger partial charge in [-0.15, -0.1) is 11.6 Å². The van der Waals surface area contributed by atoms with E-state index in [9.17, 15) is 4.79 Å². The molecular weight excluding hydrogens is 754 g/mol. The number of rotatable bonds is 19. The van der Waals surface area contributed by atoms with E-state index in [-0.39, 0.29) is 12.2 Å². The number of hydrogen-bond donors (Lipinski definition) is 3. The third kappa shape index (κ3) is 44.8. The third-order valence-corrected chi connectivity index (χ3v) is 8.65. The lowest BCUT2D eigenvalue weighted by atomic mass is 10.1. The molecule has 0 radical (unpaired) electrons. The fourth-order valence-corrected chi connectivity index (χ4v) is 5.14. The number of carbonyl (C=O) groups excluding carboxylic acids is 2. The summed E-state index contributed by atoms with van der Waals surface area (Å²) in [6.45, 7) is 21.4. The maximum absolute atomic E-state index is 10.5. The molecule has 0 atom stereocenters. The number of unbranched alkanes of at least 4 members (excludes halogenated alkanes) is 1. The molecule has 0 aromatic heterocycles. The van der Waals surface area contributed by atoms with Gasteiger partial charge in [-0.1, -0.05) is 117 Å². The van der Waals surface area contributed by atoms with Crippen LogP contribution in [0, 0.1) is 0 Å².